The van der Waals surface area contributed by atoms with Crippen LogP contribution in [0.1, 0.15) is 19.8 Å². The molecule has 2 aromatic rings. The molecular weight excluding hydrogens is 357 g/mol. The molecule has 1 N–H and O–H groups in total. The Hall–Kier alpha value is -2.31. The summed E-state index contributed by atoms with van der Waals surface area (Å²) in [4.78, 5) is 13.7. The van der Waals surface area contributed by atoms with Gasteiger partial charge < -0.3 is 4.90 Å². The standard InChI is InChI=1S/C17H20FN5O2S/c1-3-26(24,25)22-9-12-5-4-6-23(10-12)17-13-7-16(19-2)14(18)8-15(13)20-11-21-17/h7-8,11-12,22H,3-6,9-10H2,1H3. The van der Waals surface area contributed by atoms with E-state index >= 15 is 0 Å². The second-order valence-electron chi connectivity index (χ2n) is 6.34. The van der Waals surface area contributed by atoms with E-state index in [0.717, 1.165) is 19.4 Å². The van der Waals surface area contributed by atoms with Gasteiger partial charge in [0.25, 0.3) is 0 Å². The Morgan fingerprint density at radius 2 is 2.23 bits per heavy atom. The number of aromatic nitrogens is 2. The van der Waals surface area contributed by atoms with Crippen molar-refractivity contribution in [3.05, 3.63) is 35.7 Å². The van der Waals surface area contributed by atoms with Crippen molar-refractivity contribution in [2.24, 2.45) is 5.92 Å². The van der Waals surface area contributed by atoms with E-state index in [1.54, 1.807) is 6.92 Å². The smallest absolute Gasteiger partial charge is 0.222 e. The molecule has 1 aliphatic rings. The highest BCUT2D eigenvalue weighted by atomic mass is 32.2. The second kappa shape index (κ2) is 7.51. The summed E-state index contributed by atoms with van der Waals surface area (Å²) in [7, 11) is -3.22. The minimum Gasteiger partial charge on any atom is -0.356 e. The molecule has 9 heteroatoms. The van der Waals surface area contributed by atoms with Gasteiger partial charge in [0.05, 0.1) is 17.8 Å². The van der Waals surface area contributed by atoms with Gasteiger partial charge in [-0.25, -0.2) is 32.3 Å². The molecule has 0 amide bonds. The van der Waals surface area contributed by atoms with Crippen molar-refractivity contribution in [2.45, 2.75) is 19.8 Å². The number of fused-ring (bicyclic) bond motifs is 1. The highest BCUT2D eigenvalue weighted by molar-refractivity contribution is 7.89. The molecule has 0 radical (unpaired) electrons. The summed E-state index contributed by atoms with van der Waals surface area (Å²) in [6.45, 7) is 10.5. The van der Waals surface area contributed by atoms with Crippen LogP contribution in [0.4, 0.5) is 15.9 Å². The molecule has 7 nitrogen and oxygen atoms in total. The second-order valence-corrected chi connectivity index (χ2v) is 8.43. The summed E-state index contributed by atoms with van der Waals surface area (Å²) < 4.78 is 39.8. The van der Waals surface area contributed by atoms with Crippen LogP contribution in [0.25, 0.3) is 15.7 Å². The molecular formula is C17H20FN5O2S. The lowest BCUT2D eigenvalue weighted by atomic mass is 9.98. The van der Waals surface area contributed by atoms with Crippen LogP contribution in [0.15, 0.2) is 18.5 Å². The number of nitrogens with zero attached hydrogens (tertiary/aromatic N) is 4. The van der Waals surface area contributed by atoms with E-state index in [0.29, 0.717) is 29.8 Å². The number of piperidine rings is 1. The summed E-state index contributed by atoms with van der Waals surface area (Å²) >= 11 is 0. The van der Waals surface area contributed by atoms with Crippen molar-refractivity contribution in [2.75, 3.05) is 30.3 Å². The van der Waals surface area contributed by atoms with Gasteiger partial charge in [0, 0.05) is 25.0 Å². The van der Waals surface area contributed by atoms with Crippen molar-refractivity contribution in [1.29, 1.82) is 0 Å². The first-order valence-electron chi connectivity index (χ1n) is 8.47. The molecule has 3 rings (SSSR count). The number of benzene rings is 1. The highest BCUT2D eigenvalue weighted by Gasteiger charge is 2.24. The predicted octanol–water partition coefficient (Wildman–Crippen LogP) is 2.48. The summed E-state index contributed by atoms with van der Waals surface area (Å²) in [5, 5.41) is 0.634. The first-order valence-corrected chi connectivity index (χ1v) is 10.1. The van der Waals surface area contributed by atoms with Gasteiger partial charge in [-0.2, -0.15) is 0 Å². The topological polar surface area (TPSA) is 79.5 Å². The third-order valence-electron chi connectivity index (χ3n) is 4.59. The maximum Gasteiger partial charge on any atom is 0.222 e. The molecule has 0 bridgehead atoms. The van der Waals surface area contributed by atoms with Gasteiger partial charge in [-0.15, -0.1) is 0 Å². The monoisotopic (exact) mass is 377 g/mol. The van der Waals surface area contributed by atoms with Crippen LogP contribution in [-0.2, 0) is 10.0 Å². The van der Waals surface area contributed by atoms with Crippen molar-refractivity contribution < 1.29 is 12.8 Å². The lowest BCUT2D eigenvalue weighted by molar-refractivity contribution is 0.410. The third-order valence-corrected chi connectivity index (χ3v) is 5.96. The molecule has 0 spiro atoms. The maximum atomic E-state index is 13.8. The maximum absolute atomic E-state index is 13.8. The van der Waals surface area contributed by atoms with E-state index in [-0.39, 0.29) is 17.4 Å². The van der Waals surface area contributed by atoms with Crippen LogP contribution in [0.2, 0.25) is 0 Å². The SMILES string of the molecule is [C-]#[N+]c1cc2c(N3CCCC(CNS(=O)(=O)CC)C3)ncnc2cc1F. The fraction of sp³-hybridized carbons (Fsp3) is 0.471. The van der Waals surface area contributed by atoms with Crippen molar-refractivity contribution in [3.63, 3.8) is 0 Å². The van der Waals surface area contributed by atoms with E-state index < -0.39 is 15.8 Å². The molecule has 1 aromatic carbocycles. The van der Waals surface area contributed by atoms with E-state index in [4.69, 9.17) is 6.57 Å². The molecule has 1 unspecified atom stereocenters. The van der Waals surface area contributed by atoms with E-state index in [9.17, 15) is 12.8 Å². The Balaban J connectivity index is 1.85. The van der Waals surface area contributed by atoms with Crippen LogP contribution in [-0.4, -0.2) is 43.8 Å². The van der Waals surface area contributed by atoms with Crippen molar-refractivity contribution in [1.82, 2.24) is 14.7 Å². The minimum atomic E-state index is -3.22. The molecule has 1 aromatic heterocycles. The first-order chi connectivity index (χ1) is 12.4. The van der Waals surface area contributed by atoms with Gasteiger partial charge in [0.15, 0.2) is 0 Å². The highest BCUT2D eigenvalue weighted by Crippen LogP contribution is 2.31. The largest absolute Gasteiger partial charge is 0.356 e. The first kappa shape index (κ1) is 18.5. The number of nitrogens with one attached hydrogen (secondary N) is 1. The quantitative estimate of drug-likeness (QED) is 0.810. The summed E-state index contributed by atoms with van der Waals surface area (Å²) in [5.41, 5.74) is 0.395. The van der Waals surface area contributed by atoms with Gasteiger partial charge >= 0.3 is 0 Å². The Kier molecular flexibility index (Phi) is 5.34. The minimum absolute atomic E-state index is 0.0576. The molecule has 1 aliphatic heterocycles. The fourth-order valence-electron chi connectivity index (χ4n) is 3.16. The average Bonchev–Trinajstić information content (AvgIpc) is 2.65. The molecule has 0 saturated carbocycles. The zero-order chi connectivity index (χ0) is 18.7. The number of sulfonamides is 1. The van der Waals surface area contributed by atoms with E-state index in [1.807, 2.05) is 0 Å². The van der Waals surface area contributed by atoms with Crippen molar-refractivity contribution >= 4 is 32.4 Å². The number of rotatable bonds is 5. The molecule has 138 valence electrons. The van der Waals surface area contributed by atoms with Crippen molar-refractivity contribution in [3.8, 4) is 0 Å². The lowest BCUT2D eigenvalue weighted by Gasteiger charge is -2.34. The van der Waals surface area contributed by atoms with Crippen LogP contribution >= 0.6 is 0 Å². The summed E-state index contributed by atoms with van der Waals surface area (Å²) in [6.07, 6.45) is 3.21. The Morgan fingerprint density at radius 1 is 1.42 bits per heavy atom. The Labute approximate surface area is 152 Å². The average molecular weight is 377 g/mol. The fourth-order valence-corrected chi connectivity index (χ4v) is 3.85. The van der Waals surface area contributed by atoms with Crippen LogP contribution in [0.3, 0.4) is 0 Å². The number of anilines is 1. The van der Waals surface area contributed by atoms with Gasteiger partial charge in [-0.1, -0.05) is 0 Å². The van der Waals surface area contributed by atoms with Gasteiger partial charge in [-0.3, -0.25) is 0 Å². The lowest BCUT2D eigenvalue weighted by Crippen LogP contribution is -2.41. The van der Waals surface area contributed by atoms with E-state index in [1.165, 1.54) is 18.5 Å². The number of halogens is 1. The van der Waals surface area contributed by atoms with E-state index in [2.05, 4.69) is 24.4 Å². The Morgan fingerprint density at radius 3 is 2.96 bits per heavy atom. The number of hydrogen-bond acceptors (Lipinski definition) is 5. The molecule has 1 fully saturated rings. The molecule has 1 saturated heterocycles. The van der Waals surface area contributed by atoms with Gasteiger partial charge in [0.2, 0.25) is 15.7 Å². The molecule has 0 aliphatic carbocycles. The van der Waals surface area contributed by atoms with Crippen LogP contribution < -0.4 is 9.62 Å². The molecule has 1 atom stereocenters. The molecule has 2 heterocycles. The summed E-state index contributed by atoms with van der Waals surface area (Å²) in [5.74, 6) is 0.284. The van der Waals surface area contributed by atoms with Gasteiger partial charge in [0.1, 0.15) is 18.0 Å². The zero-order valence-corrected chi connectivity index (χ0v) is 15.3. The summed E-state index contributed by atoms with van der Waals surface area (Å²) in [6, 6.07) is 2.74. The van der Waals surface area contributed by atoms with Crippen LogP contribution in [0, 0.1) is 18.3 Å². The zero-order valence-electron chi connectivity index (χ0n) is 14.4. The number of hydrogen-bond donors (Lipinski definition) is 1. The Bertz CT molecular complexity index is 958. The predicted molar refractivity (Wildman–Crippen MR) is 98.2 cm³/mol. The van der Waals surface area contributed by atoms with Gasteiger partial charge in [-0.05, 0) is 37.8 Å². The molecule has 26 heavy (non-hydrogen) atoms. The third kappa shape index (κ3) is 3.92. The van der Waals surface area contributed by atoms with Crippen LogP contribution in [0.5, 0.6) is 0 Å². The normalized spacial score (nSPS) is 18.0.